The van der Waals surface area contributed by atoms with Crippen molar-refractivity contribution in [2.75, 3.05) is 39.3 Å². The first kappa shape index (κ1) is 19.7. The van der Waals surface area contributed by atoms with Gasteiger partial charge in [0.05, 0.1) is 12.6 Å². The topological polar surface area (TPSA) is 32.8 Å². The average molecular weight is 389 g/mol. The molecule has 0 radical (unpaired) electrons. The molecule has 0 unspecified atom stereocenters. The molecule has 0 saturated carbocycles. The minimum Gasteiger partial charge on any atom is -0.453 e. The molecule has 0 atom stereocenters. The second kappa shape index (κ2) is 9.26. The number of nitrogens with zero attached hydrogens (tertiary/aromatic N) is 2. The van der Waals surface area contributed by atoms with Crippen molar-refractivity contribution in [3.63, 3.8) is 0 Å². The minimum atomic E-state index is -0.281. The van der Waals surface area contributed by atoms with Gasteiger partial charge in [0.2, 0.25) is 0 Å². The molecule has 29 heavy (non-hydrogen) atoms. The van der Waals surface area contributed by atoms with Gasteiger partial charge in [-0.25, -0.2) is 0 Å². The number of esters is 1. The fraction of sp³-hybridized carbons (Fsp3) is 0.400. The summed E-state index contributed by atoms with van der Waals surface area (Å²) in [5.74, 6) is 5.77. The van der Waals surface area contributed by atoms with Gasteiger partial charge in [0, 0.05) is 33.1 Å². The lowest BCUT2D eigenvalue weighted by Gasteiger charge is -2.39. The van der Waals surface area contributed by atoms with Gasteiger partial charge in [-0.2, -0.15) is 0 Å². The molecule has 150 valence electrons. The first-order valence-corrected chi connectivity index (χ1v) is 10.4. The van der Waals surface area contributed by atoms with E-state index in [0.717, 1.165) is 45.6 Å². The Kier molecular flexibility index (Phi) is 6.29. The lowest BCUT2D eigenvalue weighted by Crippen LogP contribution is -2.48. The molecule has 0 spiro atoms. The van der Waals surface area contributed by atoms with Gasteiger partial charge in [0.15, 0.2) is 6.61 Å². The maximum Gasteiger partial charge on any atom is 0.303 e. The number of piperazine rings is 1. The summed E-state index contributed by atoms with van der Waals surface area (Å²) in [7, 11) is 0. The number of aryl methyl sites for hydroxylation is 2. The third-order valence-corrected chi connectivity index (χ3v) is 5.91. The van der Waals surface area contributed by atoms with Crippen LogP contribution in [0.25, 0.3) is 0 Å². The summed E-state index contributed by atoms with van der Waals surface area (Å²) >= 11 is 0. The number of rotatable bonds is 3. The van der Waals surface area contributed by atoms with Crippen molar-refractivity contribution in [2.24, 2.45) is 0 Å². The molecule has 1 saturated heterocycles. The van der Waals surface area contributed by atoms with Crippen LogP contribution in [-0.2, 0) is 22.4 Å². The summed E-state index contributed by atoms with van der Waals surface area (Å²) in [6.07, 6.45) is 2.23. The van der Waals surface area contributed by atoms with Crippen LogP contribution in [0.4, 0.5) is 0 Å². The number of hydrogen-bond acceptors (Lipinski definition) is 4. The highest BCUT2D eigenvalue weighted by Crippen LogP contribution is 2.37. The van der Waals surface area contributed by atoms with Gasteiger partial charge in [-0.05, 0) is 35.1 Å². The molecule has 0 bridgehead atoms. The number of ether oxygens (including phenoxy) is 1. The van der Waals surface area contributed by atoms with E-state index in [-0.39, 0.29) is 12.6 Å². The average Bonchev–Trinajstić information content (AvgIpc) is 2.91. The van der Waals surface area contributed by atoms with Crippen LogP contribution < -0.4 is 0 Å². The fourth-order valence-electron chi connectivity index (χ4n) is 4.42. The standard InChI is InChI=1S/C25H28N2O2/c1-20(28)29-19-7-6-14-26-15-17-27(18-16-26)25-23-10-4-2-8-21(23)12-13-22-9-3-5-11-24(22)25/h2-5,8-11,25H,12-19H2,1H3. The van der Waals surface area contributed by atoms with Crippen LogP contribution in [0.2, 0.25) is 0 Å². The van der Waals surface area contributed by atoms with Crippen LogP contribution in [-0.4, -0.2) is 55.1 Å². The number of hydrogen-bond donors (Lipinski definition) is 0. The molecule has 4 nitrogen and oxygen atoms in total. The van der Waals surface area contributed by atoms with Crippen LogP contribution in [0, 0.1) is 11.8 Å². The first-order chi connectivity index (χ1) is 14.2. The van der Waals surface area contributed by atoms with Crippen LogP contribution in [0.15, 0.2) is 48.5 Å². The largest absolute Gasteiger partial charge is 0.453 e. The van der Waals surface area contributed by atoms with E-state index in [0.29, 0.717) is 6.04 Å². The number of carbonyl (C=O) groups is 1. The molecule has 4 heteroatoms. The number of benzene rings is 2. The molecular formula is C25H28N2O2. The van der Waals surface area contributed by atoms with Crippen LogP contribution in [0.5, 0.6) is 0 Å². The van der Waals surface area contributed by atoms with Crippen LogP contribution >= 0.6 is 0 Å². The van der Waals surface area contributed by atoms with Crippen molar-refractivity contribution in [1.82, 2.24) is 9.80 Å². The summed E-state index contributed by atoms with van der Waals surface area (Å²) in [6.45, 7) is 6.38. The van der Waals surface area contributed by atoms with Crippen LogP contribution in [0.3, 0.4) is 0 Å². The van der Waals surface area contributed by atoms with Gasteiger partial charge in [0.25, 0.3) is 0 Å². The Bertz CT molecular complexity index is 872. The zero-order valence-corrected chi connectivity index (χ0v) is 17.1. The van der Waals surface area contributed by atoms with Crippen molar-refractivity contribution < 1.29 is 9.53 Å². The van der Waals surface area contributed by atoms with E-state index in [4.69, 9.17) is 4.74 Å². The van der Waals surface area contributed by atoms with Crippen LogP contribution in [0.1, 0.15) is 35.2 Å². The second-order valence-corrected chi connectivity index (χ2v) is 7.75. The molecule has 0 aromatic heterocycles. The molecule has 2 aliphatic rings. The van der Waals surface area contributed by atoms with Gasteiger partial charge in [-0.1, -0.05) is 60.4 Å². The summed E-state index contributed by atoms with van der Waals surface area (Å²) in [5.41, 5.74) is 5.89. The zero-order valence-electron chi connectivity index (χ0n) is 17.1. The Balaban J connectivity index is 1.46. The molecule has 0 amide bonds. The first-order valence-electron chi connectivity index (χ1n) is 10.4. The normalized spacial score (nSPS) is 17.4. The summed E-state index contributed by atoms with van der Waals surface area (Å²) in [4.78, 5) is 15.8. The van der Waals surface area contributed by atoms with Gasteiger partial charge in [-0.3, -0.25) is 14.6 Å². The SMILES string of the molecule is CC(=O)OCC#CCN1CCN(C2c3ccccc3CCc3ccccc32)CC1. The predicted octanol–water partition coefficient (Wildman–Crippen LogP) is 3.06. The fourth-order valence-corrected chi connectivity index (χ4v) is 4.42. The lowest BCUT2D eigenvalue weighted by atomic mass is 9.93. The quantitative estimate of drug-likeness (QED) is 0.598. The molecule has 1 heterocycles. The zero-order chi connectivity index (χ0) is 20.1. The van der Waals surface area contributed by atoms with Gasteiger partial charge < -0.3 is 4.74 Å². The molecule has 1 aliphatic heterocycles. The molecule has 2 aromatic rings. The smallest absolute Gasteiger partial charge is 0.303 e. The van der Waals surface area contributed by atoms with E-state index in [9.17, 15) is 4.79 Å². The molecule has 1 fully saturated rings. The Hall–Kier alpha value is -2.61. The van der Waals surface area contributed by atoms with E-state index in [1.807, 2.05) is 0 Å². The predicted molar refractivity (Wildman–Crippen MR) is 115 cm³/mol. The van der Waals surface area contributed by atoms with E-state index in [1.165, 1.54) is 29.2 Å². The number of carbonyl (C=O) groups excluding carboxylic acids is 1. The summed E-state index contributed by atoms with van der Waals surface area (Å²) < 4.78 is 4.87. The Morgan fingerprint density at radius 1 is 0.931 bits per heavy atom. The molecule has 4 rings (SSSR count). The van der Waals surface area contributed by atoms with E-state index in [1.54, 1.807) is 0 Å². The van der Waals surface area contributed by atoms with Crippen molar-refractivity contribution in [2.45, 2.75) is 25.8 Å². The van der Waals surface area contributed by atoms with Crippen molar-refractivity contribution >= 4 is 5.97 Å². The maximum absolute atomic E-state index is 10.8. The third kappa shape index (κ3) is 4.70. The monoisotopic (exact) mass is 388 g/mol. The Morgan fingerprint density at radius 2 is 1.52 bits per heavy atom. The summed E-state index contributed by atoms with van der Waals surface area (Å²) in [5, 5.41) is 0. The van der Waals surface area contributed by atoms with E-state index >= 15 is 0 Å². The van der Waals surface area contributed by atoms with Gasteiger partial charge in [-0.15, -0.1) is 0 Å². The van der Waals surface area contributed by atoms with Crippen molar-refractivity contribution in [1.29, 1.82) is 0 Å². The molecule has 1 aliphatic carbocycles. The van der Waals surface area contributed by atoms with E-state index in [2.05, 4.69) is 70.2 Å². The Labute approximate surface area is 173 Å². The Morgan fingerprint density at radius 3 is 2.10 bits per heavy atom. The van der Waals surface area contributed by atoms with Gasteiger partial charge in [0.1, 0.15) is 0 Å². The third-order valence-electron chi connectivity index (χ3n) is 5.91. The minimum absolute atomic E-state index is 0.185. The lowest BCUT2D eigenvalue weighted by molar-refractivity contribution is -0.139. The van der Waals surface area contributed by atoms with Crippen molar-refractivity contribution in [3.8, 4) is 11.8 Å². The molecule has 2 aromatic carbocycles. The molecule has 0 N–H and O–H groups in total. The highest BCUT2D eigenvalue weighted by atomic mass is 16.5. The van der Waals surface area contributed by atoms with E-state index < -0.39 is 0 Å². The van der Waals surface area contributed by atoms with Gasteiger partial charge >= 0.3 is 5.97 Å². The molecular weight excluding hydrogens is 360 g/mol. The highest BCUT2D eigenvalue weighted by molar-refractivity contribution is 5.66. The second-order valence-electron chi connectivity index (χ2n) is 7.75. The summed E-state index contributed by atoms with van der Waals surface area (Å²) in [6, 6.07) is 18.2. The highest BCUT2D eigenvalue weighted by Gasteiger charge is 2.30. The maximum atomic E-state index is 10.8. The van der Waals surface area contributed by atoms with Crippen molar-refractivity contribution in [3.05, 3.63) is 70.8 Å². The number of fused-ring (bicyclic) bond motifs is 2.